The predicted molar refractivity (Wildman–Crippen MR) is 85.0 cm³/mol. The Bertz CT molecular complexity index is 372. The molecule has 0 aliphatic carbocycles. The largest absolute Gasteiger partial charge is 0.355 e. The van der Waals surface area contributed by atoms with E-state index in [9.17, 15) is 9.59 Å². The van der Waals surface area contributed by atoms with Gasteiger partial charge in [-0.3, -0.25) is 14.5 Å². The van der Waals surface area contributed by atoms with Gasteiger partial charge in [0.2, 0.25) is 11.8 Å². The predicted octanol–water partition coefficient (Wildman–Crippen LogP) is 1.45. The molecule has 0 aromatic carbocycles. The Labute approximate surface area is 128 Å². The van der Waals surface area contributed by atoms with Crippen LogP contribution < -0.4 is 10.6 Å². The van der Waals surface area contributed by atoms with Gasteiger partial charge in [0.25, 0.3) is 0 Å². The van der Waals surface area contributed by atoms with E-state index in [1.54, 1.807) is 0 Å². The number of rotatable bonds is 7. The van der Waals surface area contributed by atoms with Crippen LogP contribution in [0.5, 0.6) is 0 Å². The Hall–Kier alpha value is -1.36. The van der Waals surface area contributed by atoms with E-state index in [4.69, 9.17) is 0 Å². The third-order valence-electron chi connectivity index (χ3n) is 3.73. The van der Waals surface area contributed by atoms with Crippen LogP contribution in [0.1, 0.15) is 46.5 Å². The van der Waals surface area contributed by atoms with Gasteiger partial charge in [-0.15, -0.1) is 0 Å². The number of piperidine rings is 1. The molecule has 5 nitrogen and oxygen atoms in total. The van der Waals surface area contributed by atoms with E-state index < -0.39 is 0 Å². The number of hydrogen-bond donors (Lipinski definition) is 2. The number of nitrogens with zero attached hydrogens (tertiary/aromatic N) is 1. The van der Waals surface area contributed by atoms with Crippen LogP contribution in [-0.4, -0.2) is 48.9 Å². The van der Waals surface area contributed by atoms with Gasteiger partial charge in [-0.1, -0.05) is 19.9 Å². The van der Waals surface area contributed by atoms with Crippen molar-refractivity contribution < 1.29 is 9.59 Å². The van der Waals surface area contributed by atoms with Crippen LogP contribution in [0, 0.1) is 0 Å². The summed E-state index contributed by atoms with van der Waals surface area (Å²) in [6.07, 6.45) is 5.61. The van der Waals surface area contributed by atoms with E-state index in [0.29, 0.717) is 6.54 Å². The zero-order valence-corrected chi connectivity index (χ0v) is 13.6. The van der Waals surface area contributed by atoms with Crippen molar-refractivity contribution in [3.05, 3.63) is 11.6 Å². The first kappa shape index (κ1) is 17.7. The monoisotopic (exact) mass is 295 g/mol. The summed E-state index contributed by atoms with van der Waals surface area (Å²) in [6.45, 7) is 8.86. The van der Waals surface area contributed by atoms with E-state index >= 15 is 0 Å². The Balaban J connectivity index is 2.27. The molecule has 0 saturated carbocycles. The van der Waals surface area contributed by atoms with Crippen molar-refractivity contribution >= 4 is 11.8 Å². The number of nitrogens with one attached hydrogen (secondary N) is 2. The molecule has 21 heavy (non-hydrogen) atoms. The molecular weight excluding hydrogens is 266 g/mol. The number of likely N-dealkylation sites (tertiary alicyclic amines) is 1. The van der Waals surface area contributed by atoms with E-state index in [-0.39, 0.29) is 17.9 Å². The molecule has 0 aromatic rings. The summed E-state index contributed by atoms with van der Waals surface area (Å²) in [6, 6.07) is 0.229. The molecule has 0 bridgehead atoms. The van der Waals surface area contributed by atoms with E-state index in [1.807, 2.05) is 26.8 Å². The topological polar surface area (TPSA) is 61.4 Å². The second-order valence-electron chi connectivity index (χ2n) is 5.67. The van der Waals surface area contributed by atoms with Crippen molar-refractivity contribution in [3.63, 3.8) is 0 Å². The molecule has 2 amide bonds. The third-order valence-corrected chi connectivity index (χ3v) is 3.73. The van der Waals surface area contributed by atoms with Gasteiger partial charge in [-0.05, 0) is 32.6 Å². The van der Waals surface area contributed by atoms with Crippen molar-refractivity contribution in [1.82, 2.24) is 15.5 Å². The third kappa shape index (κ3) is 6.76. The van der Waals surface area contributed by atoms with Crippen LogP contribution in [0.15, 0.2) is 11.6 Å². The molecular formula is C16H29N3O2. The van der Waals surface area contributed by atoms with Gasteiger partial charge in [0.1, 0.15) is 0 Å². The normalized spacial score (nSPS) is 17.6. The summed E-state index contributed by atoms with van der Waals surface area (Å²) in [7, 11) is 0. The van der Waals surface area contributed by atoms with Crippen LogP contribution >= 0.6 is 0 Å². The molecule has 1 saturated heterocycles. The van der Waals surface area contributed by atoms with Crippen molar-refractivity contribution in [2.75, 3.05) is 26.2 Å². The SMILES string of the molecule is CCC=C(C)C(=O)NC1CCN(CC(=O)NCCC)CC1. The molecule has 0 spiro atoms. The van der Waals surface area contributed by atoms with Gasteiger partial charge >= 0.3 is 0 Å². The zero-order valence-electron chi connectivity index (χ0n) is 13.6. The Morgan fingerprint density at radius 3 is 2.48 bits per heavy atom. The van der Waals surface area contributed by atoms with Crippen LogP contribution in [0.3, 0.4) is 0 Å². The minimum atomic E-state index is 0.0380. The maximum absolute atomic E-state index is 11.9. The molecule has 1 heterocycles. The van der Waals surface area contributed by atoms with Crippen LogP contribution in [0.4, 0.5) is 0 Å². The zero-order chi connectivity index (χ0) is 15.7. The molecule has 1 rings (SSSR count). The van der Waals surface area contributed by atoms with Crippen LogP contribution in [0.25, 0.3) is 0 Å². The number of allylic oxidation sites excluding steroid dienone is 1. The lowest BCUT2D eigenvalue weighted by atomic mass is 10.0. The molecule has 0 aromatic heterocycles. The maximum Gasteiger partial charge on any atom is 0.246 e. The fourth-order valence-electron chi connectivity index (χ4n) is 2.46. The first-order valence-corrected chi connectivity index (χ1v) is 8.03. The smallest absolute Gasteiger partial charge is 0.246 e. The second-order valence-corrected chi connectivity index (χ2v) is 5.67. The fraction of sp³-hybridized carbons (Fsp3) is 0.750. The first-order valence-electron chi connectivity index (χ1n) is 8.03. The summed E-state index contributed by atoms with van der Waals surface area (Å²) in [5, 5.41) is 5.97. The molecule has 1 fully saturated rings. The number of amides is 2. The Morgan fingerprint density at radius 2 is 1.90 bits per heavy atom. The molecule has 1 aliphatic heterocycles. The summed E-state index contributed by atoms with van der Waals surface area (Å²) in [5.74, 6) is 0.136. The summed E-state index contributed by atoms with van der Waals surface area (Å²) < 4.78 is 0. The van der Waals surface area contributed by atoms with Crippen molar-refractivity contribution in [2.24, 2.45) is 0 Å². The lowest BCUT2D eigenvalue weighted by molar-refractivity contribution is -0.123. The average Bonchev–Trinajstić information content (AvgIpc) is 2.47. The van der Waals surface area contributed by atoms with Crippen molar-refractivity contribution in [2.45, 2.75) is 52.5 Å². The van der Waals surface area contributed by atoms with Gasteiger partial charge in [-0.25, -0.2) is 0 Å². The molecule has 0 atom stereocenters. The Morgan fingerprint density at radius 1 is 1.24 bits per heavy atom. The molecule has 0 radical (unpaired) electrons. The van der Waals surface area contributed by atoms with E-state index in [1.165, 1.54) is 0 Å². The fourth-order valence-corrected chi connectivity index (χ4v) is 2.46. The Kier molecular flexibility index (Phi) is 8.05. The van der Waals surface area contributed by atoms with Gasteiger partial charge in [0.15, 0.2) is 0 Å². The highest BCUT2D eigenvalue weighted by Crippen LogP contribution is 2.10. The minimum Gasteiger partial charge on any atom is -0.355 e. The molecule has 0 unspecified atom stereocenters. The van der Waals surface area contributed by atoms with Gasteiger partial charge in [0.05, 0.1) is 6.54 Å². The van der Waals surface area contributed by atoms with Crippen molar-refractivity contribution in [1.29, 1.82) is 0 Å². The van der Waals surface area contributed by atoms with Gasteiger partial charge in [0, 0.05) is 31.2 Å². The second kappa shape index (κ2) is 9.55. The average molecular weight is 295 g/mol. The molecule has 1 aliphatic rings. The first-order chi connectivity index (χ1) is 10.1. The lowest BCUT2D eigenvalue weighted by Crippen LogP contribution is -2.47. The van der Waals surface area contributed by atoms with Crippen LogP contribution in [0.2, 0.25) is 0 Å². The molecule has 2 N–H and O–H groups in total. The quantitative estimate of drug-likeness (QED) is 0.699. The number of hydrogen-bond acceptors (Lipinski definition) is 3. The standard InChI is InChI=1S/C16H29N3O2/c1-4-6-13(3)16(21)18-14-7-10-19(11-8-14)12-15(20)17-9-5-2/h6,14H,4-5,7-12H2,1-3H3,(H,17,20)(H,18,21). The molecule has 5 heteroatoms. The van der Waals surface area contributed by atoms with Crippen LogP contribution in [-0.2, 0) is 9.59 Å². The van der Waals surface area contributed by atoms with Gasteiger partial charge < -0.3 is 10.6 Å². The summed E-state index contributed by atoms with van der Waals surface area (Å²) >= 11 is 0. The number of carbonyl (C=O) groups is 2. The highest BCUT2D eigenvalue weighted by molar-refractivity contribution is 5.92. The minimum absolute atomic E-state index is 0.0380. The number of carbonyl (C=O) groups excluding carboxylic acids is 2. The lowest BCUT2D eigenvalue weighted by Gasteiger charge is -2.31. The molecule has 120 valence electrons. The highest BCUT2D eigenvalue weighted by atomic mass is 16.2. The summed E-state index contributed by atoms with van der Waals surface area (Å²) in [4.78, 5) is 25.7. The summed E-state index contributed by atoms with van der Waals surface area (Å²) in [5.41, 5.74) is 0.791. The maximum atomic E-state index is 11.9. The van der Waals surface area contributed by atoms with E-state index in [2.05, 4.69) is 15.5 Å². The highest BCUT2D eigenvalue weighted by Gasteiger charge is 2.22. The van der Waals surface area contributed by atoms with Gasteiger partial charge in [-0.2, -0.15) is 0 Å². The van der Waals surface area contributed by atoms with E-state index in [0.717, 1.165) is 50.9 Å². The van der Waals surface area contributed by atoms with Crippen molar-refractivity contribution in [3.8, 4) is 0 Å².